The molecule has 0 spiro atoms. The van der Waals surface area contributed by atoms with Gasteiger partial charge in [-0.3, -0.25) is 9.10 Å². The van der Waals surface area contributed by atoms with Gasteiger partial charge in [0.25, 0.3) is 10.0 Å². The van der Waals surface area contributed by atoms with Crippen molar-refractivity contribution in [2.45, 2.75) is 76.2 Å². The van der Waals surface area contributed by atoms with Crippen molar-refractivity contribution in [2.24, 2.45) is 11.8 Å². The molecule has 2 aliphatic heterocycles. The largest absolute Gasteiger partial charge is 0.493 e. The lowest BCUT2D eigenvalue weighted by Gasteiger charge is -2.38. The molecule has 5 rings (SSSR count). The van der Waals surface area contributed by atoms with Gasteiger partial charge in [0.1, 0.15) is 5.75 Å². The van der Waals surface area contributed by atoms with E-state index in [9.17, 15) is 13.2 Å². The van der Waals surface area contributed by atoms with Crippen LogP contribution in [-0.4, -0.2) is 40.1 Å². The Hall–Kier alpha value is -2.38. The topological polar surface area (TPSA) is 72.9 Å². The molecule has 1 unspecified atom stereocenters. The van der Waals surface area contributed by atoms with Crippen LogP contribution in [0.25, 0.3) is 0 Å². The molecule has 0 aromatic heterocycles. The summed E-state index contributed by atoms with van der Waals surface area (Å²) in [6.07, 6.45) is 5.70. The molecule has 194 valence electrons. The van der Waals surface area contributed by atoms with Crippen LogP contribution in [0.5, 0.6) is 5.75 Å². The molecule has 2 aromatic carbocycles. The first-order valence-corrected chi connectivity index (χ1v) is 14.7. The summed E-state index contributed by atoms with van der Waals surface area (Å²) in [7, 11) is -3.86. The smallest absolute Gasteiger partial charge is 0.264 e. The molecule has 3 aliphatic rings. The van der Waals surface area contributed by atoms with Crippen LogP contribution in [0, 0.1) is 11.8 Å². The third-order valence-corrected chi connectivity index (χ3v) is 9.72. The van der Waals surface area contributed by atoms with Gasteiger partial charge in [0.2, 0.25) is 0 Å². The highest BCUT2D eigenvalue weighted by atomic mass is 32.2. The Morgan fingerprint density at radius 1 is 1.06 bits per heavy atom. The van der Waals surface area contributed by atoms with Gasteiger partial charge < -0.3 is 9.47 Å². The number of fused-ring (bicyclic) bond motifs is 1. The number of hydrogen-bond acceptors (Lipinski definition) is 5. The molecule has 2 heterocycles. The van der Waals surface area contributed by atoms with E-state index < -0.39 is 10.0 Å². The number of carbonyl (C=O) groups excluding carboxylic acids is 1. The molecule has 1 aliphatic carbocycles. The Kier molecular flexibility index (Phi) is 7.14. The molecule has 2 fully saturated rings. The van der Waals surface area contributed by atoms with E-state index >= 15 is 0 Å². The standard InChI is InChI=1S/C29H37NO5S/c1-19(2)23-6-9-28-24(16-23)7-10-27(22-4-5-22)30(28)36(32,33)25-8-11-29(26(17-25)20(3)31)35-18-21-12-14-34-15-13-21/h6,8-9,11,16-17,19,21-22,27H,4-5,7,10,12-15,18H2,1-3H3. The van der Waals surface area contributed by atoms with Gasteiger partial charge >= 0.3 is 0 Å². The lowest BCUT2D eigenvalue weighted by Crippen LogP contribution is -2.45. The third kappa shape index (κ3) is 5.05. The number of aryl methyl sites for hydroxylation is 1. The molecular weight excluding hydrogens is 474 g/mol. The number of anilines is 1. The van der Waals surface area contributed by atoms with Gasteiger partial charge in [-0.15, -0.1) is 0 Å². The minimum Gasteiger partial charge on any atom is -0.493 e. The number of benzene rings is 2. The van der Waals surface area contributed by atoms with E-state index in [2.05, 4.69) is 26.0 Å². The third-order valence-electron chi connectivity index (χ3n) is 7.89. The van der Waals surface area contributed by atoms with Gasteiger partial charge in [-0.2, -0.15) is 0 Å². The Labute approximate surface area is 215 Å². The average molecular weight is 512 g/mol. The molecule has 0 radical (unpaired) electrons. The van der Waals surface area contributed by atoms with Gasteiger partial charge in [-0.1, -0.05) is 26.0 Å². The Morgan fingerprint density at radius 3 is 2.47 bits per heavy atom. The summed E-state index contributed by atoms with van der Waals surface area (Å²) in [6.45, 7) is 7.72. The highest BCUT2D eigenvalue weighted by Gasteiger charge is 2.44. The van der Waals surface area contributed by atoms with Crippen molar-refractivity contribution in [1.82, 2.24) is 0 Å². The molecule has 36 heavy (non-hydrogen) atoms. The van der Waals surface area contributed by atoms with Crippen molar-refractivity contribution in [3.05, 3.63) is 53.1 Å². The molecule has 0 N–H and O–H groups in total. The average Bonchev–Trinajstić information content (AvgIpc) is 3.72. The molecule has 1 saturated carbocycles. The first kappa shape index (κ1) is 25.3. The normalized spacial score (nSPS) is 20.9. The van der Waals surface area contributed by atoms with Crippen molar-refractivity contribution in [2.75, 3.05) is 24.1 Å². The van der Waals surface area contributed by atoms with Crippen molar-refractivity contribution in [3.63, 3.8) is 0 Å². The van der Waals surface area contributed by atoms with Gasteiger partial charge in [0.05, 0.1) is 22.8 Å². The van der Waals surface area contributed by atoms with E-state index in [0.717, 1.165) is 63.0 Å². The minimum atomic E-state index is -3.86. The number of carbonyl (C=O) groups is 1. The number of hydrogen-bond donors (Lipinski definition) is 0. The van der Waals surface area contributed by atoms with Crippen molar-refractivity contribution >= 4 is 21.5 Å². The number of nitrogens with zero attached hydrogens (tertiary/aromatic N) is 1. The molecule has 1 saturated heterocycles. The number of Topliss-reactive ketones (excluding diaryl/α,β-unsaturated/α-hetero) is 1. The van der Waals surface area contributed by atoms with Crippen LogP contribution in [0.2, 0.25) is 0 Å². The quantitative estimate of drug-likeness (QED) is 0.423. The van der Waals surface area contributed by atoms with Gasteiger partial charge in [-0.25, -0.2) is 8.42 Å². The summed E-state index contributed by atoms with van der Waals surface area (Å²) in [6, 6.07) is 10.9. The Morgan fingerprint density at radius 2 is 1.81 bits per heavy atom. The van der Waals surface area contributed by atoms with E-state index in [0.29, 0.717) is 35.7 Å². The van der Waals surface area contributed by atoms with Gasteiger partial charge in [0.15, 0.2) is 5.78 Å². The Balaban J connectivity index is 1.48. The van der Waals surface area contributed by atoms with Crippen LogP contribution in [0.4, 0.5) is 5.69 Å². The summed E-state index contributed by atoms with van der Waals surface area (Å²) in [5.41, 5.74) is 3.41. The second-order valence-corrected chi connectivity index (χ2v) is 12.7. The second kappa shape index (κ2) is 10.2. The Bertz CT molecular complexity index is 1230. The number of ether oxygens (including phenoxy) is 2. The van der Waals surface area contributed by atoms with Gasteiger partial charge in [-0.05, 0) is 98.6 Å². The summed E-state index contributed by atoms with van der Waals surface area (Å²) in [4.78, 5) is 12.7. The predicted molar refractivity (Wildman–Crippen MR) is 141 cm³/mol. The van der Waals surface area contributed by atoms with Crippen LogP contribution < -0.4 is 9.04 Å². The zero-order valence-corrected chi connectivity index (χ0v) is 22.4. The number of rotatable bonds is 8. The van der Waals surface area contributed by atoms with Crippen LogP contribution in [-0.2, 0) is 21.2 Å². The first-order valence-electron chi connectivity index (χ1n) is 13.3. The first-order chi connectivity index (χ1) is 17.3. The maximum Gasteiger partial charge on any atom is 0.264 e. The highest BCUT2D eigenvalue weighted by molar-refractivity contribution is 7.92. The summed E-state index contributed by atoms with van der Waals surface area (Å²) in [5, 5.41) is 0. The second-order valence-electron chi connectivity index (χ2n) is 10.9. The lowest BCUT2D eigenvalue weighted by atomic mass is 9.91. The molecule has 1 atom stereocenters. The highest BCUT2D eigenvalue weighted by Crippen LogP contribution is 2.46. The van der Waals surface area contributed by atoms with Crippen LogP contribution >= 0.6 is 0 Å². The SMILES string of the molecule is CC(=O)c1cc(S(=O)(=O)N2c3ccc(C(C)C)cc3CCC2C2CC2)ccc1OCC1CCOCC1. The molecule has 0 amide bonds. The van der Waals surface area contributed by atoms with E-state index in [4.69, 9.17) is 9.47 Å². The maximum atomic E-state index is 14.2. The van der Waals surface area contributed by atoms with E-state index in [-0.39, 0.29) is 16.7 Å². The van der Waals surface area contributed by atoms with E-state index in [1.807, 2.05) is 6.07 Å². The fourth-order valence-electron chi connectivity index (χ4n) is 5.50. The molecule has 6 nitrogen and oxygen atoms in total. The maximum absolute atomic E-state index is 14.2. The van der Waals surface area contributed by atoms with Crippen molar-refractivity contribution in [1.29, 1.82) is 0 Å². The number of sulfonamides is 1. The lowest BCUT2D eigenvalue weighted by molar-refractivity contribution is 0.0495. The fourth-order valence-corrected chi connectivity index (χ4v) is 7.30. The molecule has 2 aromatic rings. The summed E-state index contributed by atoms with van der Waals surface area (Å²) in [5.74, 6) is 1.41. The van der Waals surface area contributed by atoms with Crippen LogP contribution in [0.15, 0.2) is 41.3 Å². The van der Waals surface area contributed by atoms with Crippen molar-refractivity contribution < 1.29 is 22.7 Å². The van der Waals surface area contributed by atoms with Gasteiger partial charge in [0, 0.05) is 19.3 Å². The molecular formula is C29H37NO5S. The molecule has 7 heteroatoms. The summed E-state index contributed by atoms with van der Waals surface area (Å²) < 4.78 is 41.4. The number of ketones is 1. The zero-order valence-electron chi connectivity index (χ0n) is 21.5. The fraction of sp³-hybridized carbons (Fsp3) is 0.552. The summed E-state index contributed by atoms with van der Waals surface area (Å²) >= 11 is 0. The van der Waals surface area contributed by atoms with Crippen LogP contribution in [0.1, 0.15) is 80.3 Å². The van der Waals surface area contributed by atoms with Crippen LogP contribution in [0.3, 0.4) is 0 Å². The zero-order chi connectivity index (χ0) is 25.4. The minimum absolute atomic E-state index is 0.0439. The predicted octanol–water partition coefficient (Wildman–Crippen LogP) is 5.74. The monoisotopic (exact) mass is 511 g/mol. The van der Waals surface area contributed by atoms with E-state index in [1.165, 1.54) is 18.6 Å². The van der Waals surface area contributed by atoms with E-state index in [1.54, 1.807) is 16.4 Å². The molecule has 0 bridgehead atoms. The van der Waals surface area contributed by atoms with Crippen molar-refractivity contribution in [3.8, 4) is 5.75 Å².